The maximum atomic E-state index is 5.75. The molecule has 2 aromatic heterocycles. The highest BCUT2D eigenvalue weighted by Crippen LogP contribution is 2.12. The highest BCUT2D eigenvalue weighted by molar-refractivity contribution is 5.41. The van der Waals surface area contributed by atoms with E-state index in [2.05, 4.69) is 10.2 Å². The first-order chi connectivity index (χ1) is 6.18. The van der Waals surface area contributed by atoms with E-state index in [-0.39, 0.29) is 6.04 Å². The summed E-state index contributed by atoms with van der Waals surface area (Å²) in [7, 11) is 0. The van der Waals surface area contributed by atoms with Gasteiger partial charge in [-0.25, -0.2) is 0 Å². The maximum absolute atomic E-state index is 5.75. The van der Waals surface area contributed by atoms with Crippen molar-refractivity contribution in [1.82, 2.24) is 14.6 Å². The van der Waals surface area contributed by atoms with Crippen molar-refractivity contribution in [1.29, 1.82) is 0 Å². The molecule has 0 amide bonds. The van der Waals surface area contributed by atoms with E-state index in [9.17, 15) is 0 Å². The number of nitrogens with zero attached hydrogens (tertiary/aromatic N) is 3. The van der Waals surface area contributed by atoms with E-state index in [1.54, 1.807) is 0 Å². The summed E-state index contributed by atoms with van der Waals surface area (Å²) in [4.78, 5) is 0. The first kappa shape index (κ1) is 8.19. The van der Waals surface area contributed by atoms with Gasteiger partial charge < -0.3 is 5.73 Å². The standard InChI is InChI=1S/C9H12N4/c1-6(10)8-3-4-13-7(2)11-12-9(13)5-8/h3-6H,10H2,1-2H3. The second kappa shape index (κ2) is 2.81. The van der Waals surface area contributed by atoms with Gasteiger partial charge in [0.15, 0.2) is 5.65 Å². The third-order valence-electron chi connectivity index (χ3n) is 2.13. The Morgan fingerprint density at radius 1 is 1.46 bits per heavy atom. The smallest absolute Gasteiger partial charge is 0.161 e. The van der Waals surface area contributed by atoms with E-state index in [0.717, 1.165) is 17.0 Å². The molecule has 1 atom stereocenters. The molecule has 0 aliphatic heterocycles. The second-order valence-electron chi connectivity index (χ2n) is 3.22. The number of rotatable bonds is 1. The van der Waals surface area contributed by atoms with E-state index >= 15 is 0 Å². The molecule has 4 heteroatoms. The van der Waals surface area contributed by atoms with Crippen LogP contribution in [0.4, 0.5) is 0 Å². The van der Waals surface area contributed by atoms with E-state index in [0.29, 0.717) is 0 Å². The lowest BCUT2D eigenvalue weighted by Gasteiger charge is -2.04. The molecule has 2 aromatic rings. The number of aryl methyl sites for hydroxylation is 1. The van der Waals surface area contributed by atoms with Crippen LogP contribution in [0, 0.1) is 6.92 Å². The first-order valence-electron chi connectivity index (χ1n) is 4.25. The highest BCUT2D eigenvalue weighted by Gasteiger charge is 2.03. The van der Waals surface area contributed by atoms with Crippen molar-refractivity contribution in [3.05, 3.63) is 29.7 Å². The van der Waals surface area contributed by atoms with Gasteiger partial charge >= 0.3 is 0 Å². The molecule has 4 nitrogen and oxygen atoms in total. The van der Waals surface area contributed by atoms with Gasteiger partial charge in [0.1, 0.15) is 5.82 Å². The van der Waals surface area contributed by atoms with Gasteiger partial charge in [0, 0.05) is 12.2 Å². The molecule has 68 valence electrons. The maximum Gasteiger partial charge on any atom is 0.161 e. The third kappa shape index (κ3) is 1.29. The van der Waals surface area contributed by atoms with Crippen molar-refractivity contribution >= 4 is 5.65 Å². The molecule has 0 aromatic carbocycles. The Balaban J connectivity index is 2.63. The molecule has 0 fully saturated rings. The summed E-state index contributed by atoms with van der Waals surface area (Å²) >= 11 is 0. The zero-order chi connectivity index (χ0) is 9.42. The lowest BCUT2D eigenvalue weighted by molar-refractivity contribution is 0.815. The lowest BCUT2D eigenvalue weighted by atomic mass is 10.1. The minimum absolute atomic E-state index is 0.0435. The second-order valence-corrected chi connectivity index (χ2v) is 3.22. The molecule has 2 rings (SSSR count). The van der Waals surface area contributed by atoms with E-state index < -0.39 is 0 Å². The largest absolute Gasteiger partial charge is 0.324 e. The van der Waals surface area contributed by atoms with E-state index in [1.165, 1.54) is 0 Å². The average molecular weight is 176 g/mol. The number of nitrogens with two attached hydrogens (primary N) is 1. The van der Waals surface area contributed by atoms with Crippen molar-refractivity contribution in [2.45, 2.75) is 19.9 Å². The van der Waals surface area contributed by atoms with Crippen LogP contribution in [0.25, 0.3) is 5.65 Å². The van der Waals surface area contributed by atoms with Crippen molar-refractivity contribution in [3.63, 3.8) is 0 Å². The number of aromatic nitrogens is 3. The van der Waals surface area contributed by atoms with E-state index in [4.69, 9.17) is 5.73 Å². The molecule has 2 heterocycles. The molecule has 0 spiro atoms. The summed E-state index contributed by atoms with van der Waals surface area (Å²) in [5.41, 5.74) is 7.69. The van der Waals surface area contributed by atoms with Crippen LogP contribution in [0.1, 0.15) is 24.4 Å². The zero-order valence-corrected chi connectivity index (χ0v) is 7.73. The summed E-state index contributed by atoms with van der Waals surface area (Å²) in [6.07, 6.45) is 1.95. The van der Waals surface area contributed by atoms with Gasteiger partial charge in [0.05, 0.1) is 0 Å². The summed E-state index contributed by atoms with van der Waals surface area (Å²) in [5.74, 6) is 0.895. The van der Waals surface area contributed by atoms with Gasteiger partial charge in [-0.2, -0.15) is 0 Å². The molecule has 13 heavy (non-hydrogen) atoms. The Kier molecular flexibility index (Phi) is 1.77. The fourth-order valence-corrected chi connectivity index (χ4v) is 1.31. The van der Waals surface area contributed by atoms with Crippen molar-refractivity contribution in [2.75, 3.05) is 0 Å². The van der Waals surface area contributed by atoms with Crippen LogP contribution in [0.5, 0.6) is 0 Å². The number of fused-ring (bicyclic) bond motifs is 1. The highest BCUT2D eigenvalue weighted by atomic mass is 15.2. The predicted molar refractivity (Wildman–Crippen MR) is 50.3 cm³/mol. The van der Waals surface area contributed by atoms with Crippen LogP contribution in [-0.2, 0) is 0 Å². The quantitative estimate of drug-likeness (QED) is 0.706. The molecule has 0 aliphatic carbocycles. The lowest BCUT2D eigenvalue weighted by Crippen LogP contribution is -2.05. The van der Waals surface area contributed by atoms with Crippen LogP contribution < -0.4 is 5.73 Å². The molecule has 0 saturated heterocycles. The normalized spacial score (nSPS) is 13.5. The predicted octanol–water partition coefficient (Wildman–Crippen LogP) is 1.06. The van der Waals surface area contributed by atoms with Gasteiger partial charge in [-0.15, -0.1) is 10.2 Å². The van der Waals surface area contributed by atoms with Gasteiger partial charge in [-0.1, -0.05) is 0 Å². The molecular formula is C9H12N4. The molecule has 0 saturated carbocycles. The Hall–Kier alpha value is -1.42. The fraction of sp³-hybridized carbons (Fsp3) is 0.333. The molecular weight excluding hydrogens is 164 g/mol. The topological polar surface area (TPSA) is 56.2 Å². The summed E-state index contributed by atoms with van der Waals surface area (Å²) in [6.45, 7) is 3.88. The number of hydrogen-bond acceptors (Lipinski definition) is 3. The fourth-order valence-electron chi connectivity index (χ4n) is 1.31. The zero-order valence-electron chi connectivity index (χ0n) is 7.73. The van der Waals surface area contributed by atoms with Gasteiger partial charge in [-0.3, -0.25) is 4.40 Å². The molecule has 2 N–H and O–H groups in total. The minimum Gasteiger partial charge on any atom is -0.324 e. The Morgan fingerprint density at radius 2 is 2.23 bits per heavy atom. The van der Waals surface area contributed by atoms with Crippen LogP contribution in [0.2, 0.25) is 0 Å². The Bertz CT molecular complexity index is 430. The summed E-state index contributed by atoms with van der Waals surface area (Å²) in [5, 5.41) is 7.99. The van der Waals surface area contributed by atoms with Crippen molar-refractivity contribution < 1.29 is 0 Å². The summed E-state index contributed by atoms with van der Waals surface area (Å²) in [6, 6.07) is 4.00. The van der Waals surface area contributed by atoms with E-state index in [1.807, 2.05) is 36.6 Å². The number of hydrogen-bond donors (Lipinski definition) is 1. The van der Waals surface area contributed by atoms with Crippen molar-refractivity contribution in [3.8, 4) is 0 Å². The van der Waals surface area contributed by atoms with Gasteiger partial charge in [0.25, 0.3) is 0 Å². The van der Waals surface area contributed by atoms with Crippen molar-refractivity contribution in [2.24, 2.45) is 5.73 Å². The van der Waals surface area contributed by atoms with Gasteiger partial charge in [-0.05, 0) is 31.5 Å². The minimum atomic E-state index is 0.0435. The monoisotopic (exact) mass is 176 g/mol. The van der Waals surface area contributed by atoms with Gasteiger partial charge in [0.2, 0.25) is 0 Å². The SMILES string of the molecule is Cc1nnc2cc(C(C)N)ccn12. The van der Waals surface area contributed by atoms with Crippen LogP contribution in [-0.4, -0.2) is 14.6 Å². The first-order valence-corrected chi connectivity index (χ1v) is 4.25. The molecule has 0 aliphatic rings. The third-order valence-corrected chi connectivity index (χ3v) is 2.13. The summed E-state index contributed by atoms with van der Waals surface area (Å²) < 4.78 is 1.94. The molecule has 0 bridgehead atoms. The Labute approximate surface area is 76.4 Å². The number of pyridine rings is 1. The van der Waals surface area contributed by atoms with Crippen LogP contribution in [0.3, 0.4) is 0 Å². The molecule has 1 unspecified atom stereocenters. The average Bonchev–Trinajstić information content (AvgIpc) is 2.47. The van der Waals surface area contributed by atoms with Crippen LogP contribution in [0.15, 0.2) is 18.3 Å². The molecule has 0 radical (unpaired) electrons. The Morgan fingerprint density at radius 3 is 2.92 bits per heavy atom. The van der Waals surface area contributed by atoms with Crippen LogP contribution >= 0.6 is 0 Å².